The van der Waals surface area contributed by atoms with E-state index in [1.807, 2.05) is 6.92 Å². The van der Waals surface area contributed by atoms with Gasteiger partial charge in [0.05, 0.1) is 16.8 Å². The molecule has 0 aliphatic carbocycles. The van der Waals surface area contributed by atoms with E-state index in [1.165, 1.54) is 30.2 Å². The molecule has 0 bridgehead atoms. The summed E-state index contributed by atoms with van der Waals surface area (Å²) in [5.41, 5.74) is 1.65. The number of benzene rings is 1. The van der Waals surface area contributed by atoms with Crippen LogP contribution in [0.2, 0.25) is 0 Å². The molecule has 0 saturated heterocycles. The largest absolute Gasteiger partial charge is 0.328 e. The van der Waals surface area contributed by atoms with E-state index < -0.39 is 0 Å². The van der Waals surface area contributed by atoms with Gasteiger partial charge in [0, 0.05) is 12.6 Å². The van der Waals surface area contributed by atoms with Crippen molar-refractivity contribution in [1.82, 2.24) is 24.7 Å². The van der Waals surface area contributed by atoms with Crippen molar-refractivity contribution < 1.29 is 4.39 Å². The molecule has 1 aromatic carbocycles. The third-order valence-electron chi connectivity index (χ3n) is 2.84. The van der Waals surface area contributed by atoms with Gasteiger partial charge in [0.2, 0.25) is 0 Å². The number of aromatic amines is 1. The number of aromatic nitrogens is 5. The Morgan fingerprint density at radius 1 is 1.42 bits per heavy atom. The number of halogens is 1. The fourth-order valence-electron chi connectivity index (χ4n) is 2.01. The third-order valence-corrected chi connectivity index (χ3v) is 3.71. The van der Waals surface area contributed by atoms with Crippen LogP contribution in [0.4, 0.5) is 4.39 Å². The Balaban J connectivity index is 1.93. The minimum atomic E-state index is -0.261. The minimum absolute atomic E-state index is 0.261. The first kappa shape index (κ1) is 12.2. The summed E-state index contributed by atoms with van der Waals surface area (Å²) in [7, 11) is 0. The molecule has 7 heteroatoms. The van der Waals surface area contributed by atoms with Gasteiger partial charge in [-0.25, -0.2) is 14.4 Å². The minimum Gasteiger partial charge on any atom is -0.328 e. The molecule has 2 aromatic heterocycles. The Bertz CT molecular complexity index is 692. The lowest BCUT2D eigenvalue weighted by molar-refractivity contribution is 0.629. The van der Waals surface area contributed by atoms with Crippen LogP contribution < -0.4 is 0 Å². The fourth-order valence-corrected chi connectivity index (χ4v) is 2.74. The van der Waals surface area contributed by atoms with Crippen molar-refractivity contribution in [1.29, 1.82) is 0 Å². The fraction of sp³-hybridized carbons (Fsp3) is 0.250. The first-order chi connectivity index (χ1) is 9.28. The predicted molar refractivity (Wildman–Crippen MR) is 71.3 cm³/mol. The number of aryl methyl sites for hydroxylation is 1. The van der Waals surface area contributed by atoms with Crippen molar-refractivity contribution in [2.75, 3.05) is 0 Å². The normalized spacial score (nSPS) is 11.3. The van der Waals surface area contributed by atoms with Gasteiger partial charge in [0.25, 0.3) is 0 Å². The molecule has 3 aromatic rings. The number of nitrogens with zero attached hydrogens (tertiary/aromatic N) is 4. The number of fused-ring (bicyclic) bond motifs is 1. The number of thioether (sulfide) groups is 1. The Morgan fingerprint density at radius 2 is 2.32 bits per heavy atom. The molecule has 0 amide bonds. The summed E-state index contributed by atoms with van der Waals surface area (Å²) in [4.78, 5) is 8.54. The highest BCUT2D eigenvalue weighted by Crippen LogP contribution is 2.23. The molecule has 3 rings (SSSR count). The van der Waals surface area contributed by atoms with E-state index in [1.54, 1.807) is 6.07 Å². The molecule has 0 spiro atoms. The Kier molecular flexibility index (Phi) is 3.20. The predicted octanol–water partition coefficient (Wildman–Crippen LogP) is 2.61. The molecule has 0 aliphatic heterocycles. The van der Waals surface area contributed by atoms with Crippen LogP contribution in [0, 0.1) is 5.82 Å². The molecule has 0 saturated carbocycles. The highest BCUT2D eigenvalue weighted by atomic mass is 32.2. The topological polar surface area (TPSA) is 59.4 Å². The molecule has 1 N–H and O–H groups in total. The van der Waals surface area contributed by atoms with Crippen molar-refractivity contribution in [2.45, 2.75) is 24.4 Å². The zero-order valence-electron chi connectivity index (χ0n) is 10.3. The molecular weight excluding hydrogens is 265 g/mol. The summed E-state index contributed by atoms with van der Waals surface area (Å²) < 4.78 is 15.3. The maximum Gasteiger partial charge on any atom is 0.183 e. The second kappa shape index (κ2) is 5.00. The van der Waals surface area contributed by atoms with Gasteiger partial charge in [-0.2, -0.15) is 5.10 Å². The number of nitrogens with one attached hydrogen (secondary N) is 1. The smallest absolute Gasteiger partial charge is 0.183 e. The summed E-state index contributed by atoms with van der Waals surface area (Å²) in [6, 6.07) is 4.69. The molecule has 98 valence electrons. The van der Waals surface area contributed by atoms with Crippen molar-refractivity contribution in [2.24, 2.45) is 0 Å². The number of imidazole rings is 1. The van der Waals surface area contributed by atoms with Gasteiger partial charge in [-0.3, -0.25) is 5.10 Å². The van der Waals surface area contributed by atoms with Crippen molar-refractivity contribution >= 4 is 22.8 Å². The van der Waals surface area contributed by atoms with Crippen LogP contribution in [0.3, 0.4) is 0 Å². The quantitative estimate of drug-likeness (QED) is 0.745. The van der Waals surface area contributed by atoms with Gasteiger partial charge >= 0.3 is 0 Å². The second-order valence-electron chi connectivity index (χ2n) is 3.98. The lowest BCUT2D eigenvalue weighted by Gasteiger charge is -2.04. The first-order valence-electron chi connectivity index (χ1n) is 5.90. The number of rotatable bonds is 4. The Labute approximate surface area is 113 Å². The van der Waals surface area contributed by atoms with E-state index in [4.69, 9.17) is 0 Å². The van der Waals surface area contributed by atoms with Crippen LogP contribution in [0.1, 0.15) is 12.7 Å². The molecule has 19 heavy (non-hydrogen) atoms. The van der Waals surface area contributed by atoms with Crippen LogP contribution in [0.25, 0.3) is 11.0 Å². The van der Waals surface area contributed by atoms with E-state index in [0.717, 1.165) is 23.0 Å². The van der Waals surface area contributed by atoms with E-state index in [-0.39, 0.29) is 5.82 Å². The molecule has 5 nitrogen and oxygen atoms in total. The van der Waals surface area contributed by atoms with Crippen molar-refractivity contribution in [3.05, 3.63) is 36.2 Å². The monoisotopic (exact) mass is 277 g/mol. The molecule has 0 radical (unpaired) electrons. The highest BCUT2D eigenvalue weighted by Gasteiger charge is 2.11. The highest BCUT2D eigenvalue weighted by molar-refractivity contribution is 7.98. The maximum atomic E-state index is 13.2. The molecular formula is C12H12FN5S. The summed E-state index contributed by atoms with van der Waals surface area (Å²) in [6.45, 7) is 2.85. The molecule has 0 atom stereocenters. The van der Waals surface area contributed by atoms with Gasteiger partial charge in [0.1, 0.15) is 18.0 Å². The average Bonchev–Trinajstić information content (AvgIpc) is 3.02. The van der Waals surface area contributed by atoms with Gasteiger partial charge < -0.3 is 4.57 Å². The van der Waals surface area contributed by atoms with Gasteiger partial charge in [-0.1, -0.05) is 11.8 Å². The first-order valence-corrected chi connectivity index (χ1v) is 6.89. The lowest BCUT2D eigenvalue weighted by Crippen LogP contribution is -2.00. The van der Waals surface area contributed by atoms with E-state index in [9.17, 15) is 4.39 Å². The molecule has 0 aliphatic rings. The lowest BCUT2D eigenvalue weighted by atomic mass is 10.3. The summed E-state index contributed by atoms with van der Waals surface area (Å²) in [5.74, 6) is 1.31. The van der Waals surface area contributed by atoms with Crippen LogP contribution in [-0.4, -0.2) is 24.7 Å². The zero-order chi connectivity index (χ0) is 13.2. The Morgan fingerprint density at radius 3 is 3.05 bits per heavy atom. The Hall–Kier alpha value is -1.89. The van der Waals surface area contributed by atoms with Gasteiger partial charge in [0.15, 0.2) is 5.16 Å². The van der Waals surface area contributed by atoms with E-state index >= 15 is 0 Å². The van der Waals surface area contributed by atoms with E-state index in [0.29, 0.717) is 11.3 Å². The third kappa shape index (κ3) is 2.33. The summed E-state index contributed by atoms with van der Waals surface area (Å²) in [5, 5.41) is 7.34. The zero-order valence-corrected chi connectivity index (χ0v) is 11.1. The van der Waals surface area contributed by atoms with Crippen LogP contribution in [-0.2, 0) is 12.3 Å². The number of H-pyrrole nitrogens is 1. The summed E-state index contributed by atoms with van der Waals surface area (Å²) in [6.07, 6.45) is 1.47. The standard InChI is InChI=1S/C12H12FN5S/c1-2-18-10-4-3-8(13)5-9(10)16-11(18)6-19-12-14-7-15-17-12/h3-5,7H,2,6H2,1H3,(H,14,15,17). The van der Waals surface area contributed by atoms with Crippen LogP contribution in [0.5, 0.6) is 0 Å². The summed E-state index contributed by atoms with van der Waals surface area (Å²) >= 11 is 1.52. The van der Waals surface area contributed by atoms with Crippen LogP contribution in [0.15, 0.2) is 29.7 Å². The second-order valence-corrected chi connectivity index (χ2v) is 4.95. The maximum absolute atomic E-state index is 13.2. The molecule has 2 heterocycles. The molecule has 0 unspecified atom stereocenters. The SMILES string of the molecule is CCn1c(CSc2ncn[nH]2)nc2cc(F)ccc21. The molecule has 0 fully saturated rings. The van der Waals surface area contributed by atoms with Crippen LogP contribution >= 0.6 is 11.8 Å². The van der Waals surface area contributed by atoms with E-state index in [2.05, 4.69) is 24.7 Å². The average molecular weight is 277 g/mol. The number of hydrogen-bond acceptors (Lipinski definition) is 4. The van der Waals surface area contributed by atoms with Crippen molar-refractivity contribution in [3.63, 3.8) is 0 Å². The van der Waals surface area contributed by atoms with Crippen molar-refractivity contribution in [3.8, 4) is 0 Å². The van der Waals surface area contributed by atoms with Gasteiger partial charge in [-0.15, -0.1) is 0 Å². The van der Waals surface area contributed by atoms with Gasteiger partial charge in [-0.05, 0) is 19.1 Å². The number of hydrogen-bond donors (Lipinski definition) is 1.